The van der Waals surface area contributed by atoms with Crippen LogP contribution in [0.3, 0.4) is 0 Å². The standard InChI is InChI=1S/C19H18FIN4O2/c20-11-8-16-17(23-10-11)24(15-3-1-2-12(21)9-15)19(27)25(18(16)26)14-6-4-13(22)5-7-14/h1-3,8-10,13-14H,4-7,22H2. The van der Waals surface area contributed by atoms with Crippen LogP contribution in [0.5, 0.6) is 0 Å². The van der Waals surface area contributed by atoms with Crippen LogP contribution < -0.4 is 17.0 Å². The Morgan fingerprint density at radius 3 is 2.59 bits per heavy atom. The van der Waals surface area contributed by atoms with Crippen LogP contribution in [0.25, 0.3) is 16.7 Å². The zero-order valence-electron chi connectivity index (χ0n) is 14.4. The topological polar surface area (TPSA) is 82.9 Å². The van der Waals surface area contributed by atoms with Gasteiger partial charge in [0.25, 0.3) is 5.56 Å². The SMILES string of the molecule is NC1CCC(n2c(=O)c3cc(F)cnc3n(-c3cccc(I)c3)c2=O)CC1. The summed E-state index contributed by atoms with van der Waals surface area (Å²) < 4.78 is 17.4. The van der Waals surface area contributed by atoms with E-state index in [1.807, 2.05) is 18.2 Å². The van der Waals surface area contributed by atoms with Gasteiger partial charge in [-0.2, -0.15) is 0 Å². The lowest BCUT2D eigenvalue weighted by Gasteiger charge is -2.27. The van der Waals surface area contributed by atoms with Crippen molar-refractivity contribution < 1.29 is 4.39 Å². The molecule has 4 rings (SSSR count). The van der Waals surface area contributed by atoms with Crippen LogP contribution in [0.1, 0.15) is 31.7 Å². The van der Waals surface area contributed by atoms with Crippen LogP contribution >= 0.6 is 22.6 Å². The van der Waals surface area contributed by atoms with Crippen molar-refractivity contribution in [3.63, 3.8) is 0 Å². The molecule has 0 amide bonds. The van der Waals surface area contributed by atoms with E-state index in [0.29, 0.717) is 18.5 Å². The third kappa shape index (κ3) is 3.31. The molecule has 1 saturated carbocycles. The molecule has 1 fully saturated rings. The van der Waals surface area contributed by atoms with Crippen LogP contribution in [-0.2, 0) is 0 Å². The van der Waals surface area contributed by atoms with Crippen molar-refractivity contribution in [2.24, 2.45) is 5.73 Å². The fourth-order valence-electron chi connectivity index (χ4n) is 3.71. The second-order valence-electron chi connectivity index (χ2n) is 6.87. The van der Waals surface area contributed by atoms with E-state index in [1.54, 1.807) is 6.07 Å². The Morgan fingerprint density at radius 1 is 1.15 bits per heavy atom. The van der Waals surface area contributed by atoms with E-state index in [2.05, 4.69) is 27.6 Å². The van der Waals surface area contributed by atoms with E-state index in [0.717, 1.165) is 28.7 Å². The number of halogens is 2. The Morgan fingerprint density at radius 2 is 1.89 bits per heavy atom. The molecule has 0 saturated heterocycles. The Bertz CT molecular complexity index is 1130. The summed E-state index contributed by atoms with van der Waals surface area (Å²) in [5.74, 6) is -0.607. The minimum atomic E-state index is -0.607. The second-order valence-corrected chi connectivity index (χ2v) is 8.11. The molecule has 0 unspecified atom stereocenters. The molecular formula is C19H18FIN4O2. The highest BCUT2D eigenvalue weighted by Gasteiger charge is 2.25. The molecule has 1 aliphatic rings. The number of nitrogens with two attached hydrogens (primary N) is 1. The van der Waals surface area contributed by atoms with E-state index in [9.17, 15) is 14.0 Å². The fraction of sp³-hybridized carbons (Fsp3) is 0.316. The van der Waals surface area contributed by atoms with E-state index in [-0.39, 0.29) is 23.1 Å². The summed E-state index contributed by atoms with van der Waals surface area (Å²) >= 11 is 2.16. The van der Waals surface area contributed by atoms with Gasteiger partial charge in [0.2, 0.25) is 0 Å². The van der Waals surface area contributed by atoms with Gasteiger partial charge in [-0.15, -0.1) is 0 Å². The molecule has 3 aromatic rings. The first-order valence-electron chi connectivity index (χ1n) is 8.80. The molecule has 6 nitrogen and oxygen atoms in total. The maximum atomic E-state index is 13.8. The minimum Gasteiger partial charge on any atom is -0.328 e. The maximum absolute atomic E-state index is 13.8. The van der Waals surface area contributed by atoms with Crippen molar-refractivity contribution in [2.45, 2.75) is 37.8 Å². The Labute approximate surface area is 168 Å². The predicted octanol–water partition coefficient (Wildman–Crippen LogP) is 2.73. The van der Waals surface area contributed by atoms with Gasteiger partial charge in [-0.05, 0) is 72.5 Å². The molecule has 140 valence electrons. The van der Waals surface area contributed by atoms with Crippen LogP contribution in [-0.4, -0.2) is 20.2 Å². The Kier molecular flexibility index (Phi) is 4.85. The number of hydrogen-bond acceptors (Lipinski definition) is 4. The normalized spacial score (nSPS) is 20.1. The maximum Gasteiger partial charge on any atom is 0.337 e. The van der Waals surface area contributed by atoms with E-state index >= 15 is 0 Å². The highest BCUT2D eigenvalue weighted by Crippen LogP contribution is 2.26. The molecule has 8 heteroatoms. The minimum absolute atomic E-state index is 0.0921. The highest BCUT2D eigenvalue weighted by molar-refractivity contribution is 14.1. The summed E-state index contributed by atoms with van der Waals surface area (Å²) in [6, 6.07) is 8.34. The monoisotopic (exact) mass is 480 g/mol. The van der Waals surface area contributed by atoms with Crippen molar-refractivity contribution >= 4 is 33.6 Å². The molecule has 2 N–H and O–H groups in total. The van der Waals surface area contributed by atoms with Crippen molar-refractivity contribution in [1.82, 2.24) is 14.1 Å². The van der Waals surface area contributed by atoms with Crippen LogP contribution in [0.15, 0.2) is 46.1 Å². The molecule has 0 spiro atoms. The summed E-state index contributed by atoms with van der Waals surface area (Å²) in [6.07, 6.45) is 3.82. The largest absolute Gasteiger partial charge is 0.337 e. The third-order valence-electron chi connectivity index (χ3n) is 5.06. The molecule has 0 atom stereocenters. The van der Waals surface area contributed by atoms with Crippen molar-refractivity contribution in [3.8, 4) is 5.69 Å². The average molecular weight is 480 g/mol. The molecular weight excluding hydrogens is 462 g/mol. The summed E-state index contributed by atoms with van der Waals surface area (Å²) in [4.78, 5) is 30.4. The van der Waals surface area contributed by atoms with Crippen molar-refractivity contribution in [3.05, 3.63) is 66.8 Å². The van der Waals surface area contributed by atoms with Crippen LogP contribution in [0.4, 0.5) is 4.39 Å². The first-order valence-corrected chi connectivity index (χ1v) is 9.88. The van der Waals surface area contributed by atoms with Crippen molar-refractivity contribution in [2.75, 3.05) is 0 Å². The molecule has 2 aromatic heterocycles. The number of fused-ring (bicyclic) bond motifs is 1. The first-order chi connectivity index (χ1) is 13.0. The van der Waals surface area contributed by atoms with E-state index < -0.39 is 17.1 Å². The lowest BCUT2D eigenvalue weighted by Crippen LogP contribution is -2.44. The number of aromatic nitrogens is 3. The van der Waals surface area contributed by atoms with Gasteiger partial charge in [0.15, 0.2) is 5.65 Å². The second kappa shape index (κ2) is 7.16. The van der Waals surface area contributed by atoms with E-state index in [1.165, 1.54) is 9.13 Å². The quantitative estimate of drug-likeness (QED) is 0.572. The number of rotatable bonds is 2. The lowest BCUT2D eigenvalue weighted by atomic mass is 9.91. The highest BCUT2D eigenvalue weighted by atomic mass is 127. The molecule has 0 radical (unpaired) electrons. The van der Waals surface area contributed by atoms with Gasteiger partial charge in [-0.1, -0.05) is 6.07 Å². The Balaban J connectivity index is 2.04. The van der Waals surface area contributed by atoms with Gasteiger partial charge in [-0.25, -0.2) is 18.7 Å². The lowest BCUT2D eigenvalue weighted by molar-refractivity contribution is 0.309. The summed E-state index contributed by atoms with van der Waals surface area (Å²) in [5, 5.41) is 0.100. The summed E-state index contributed by atoms with van der Waals surface area (Å²) in [7, 11) is 0. The van der Waals surface area contributed by atoms with Crippen LogP contribution in [0, 0.1) is 9.39 Å². The molecule has 1 aliphatic carbocycles. The van der Waals surface area contributed by atoms with Gasteiger partial charge < -0.3 is 5.73 Å². The van der Waals surface area contributed by atoms with Gasteiger partial charge in [0.05, 0.1) is 17.3 Å². The molecule has 0 bridgehead atoms. The van der Waals surface area contributed by atoms with Gasteiger partial charge in [-0.3, -0.25) is 9.36 Å². The molecule has 0 aliphatic heterocycles. The van der Waals surface area contributed by atoms with Gasteiger partial charge in [0, 0.05) is 15.7 Å². The zero-order valence-corrected chi connectivity index (χ0v) is 16.6. The summed E-state index contributed by atoms with van der Waals surface area (Å²) in [6.45, 7) is 0. The third-order valence-corrected chi connectivity index (χ3v) is 5.74. The number of nitrogens with zero attached hydrogens (tertiary/aromatic N) is 3. The number of hydrogen-bond donors (Lipinski definition) is 1. The van der Waals surface area contributed by atoms with Gasteiger partial charge >= 0.3 is 5.69 Å². The molecule has 1 aromatic carbocycles. The fourth-order valence-corrected chi connectivity index (χ4v) is 4.24. The van der Waals surface area contributed by atoms with Gasteiger partial charge in [0.1, 0.15) is 5.82 Å². The molecule has 27 heavy (non-hydrogen) atoms. The number of pyridine rings is 1. The average Bonchev–Trinajstić information content (AvgIpc) is 2.64. The number of benzene rings is 1. The van der Waals surface area contributed by atoms with Crippen molar-refractivity contribution in [1.29, 1.82) is 0 Å². The Hall–Kier alpha value is -2.07. The smallest absolute Gasteiger partial charge is 0.328 e. The van der Waals surface area contributed by atoms with E-state index in [4.69, 9.17) is 5.73 Å². The predicted molar refractivity (Wildman–Crippen MR) is 110 cm³/mol. The summed E-state index contributed by atoms with van der Waals surface area (Å²) in [5.41, 5.74) is 5.78. The van der Waals surface area contributed by atoms with Crippen LogP contribution in [0.2, 0.25) is 0 Å². The first kappa shape index (κ1) is 18.3. The molecule has 2 heterocycles. The zero-order chi connectivity index (χ0) is 19.1.